The molecule has 2 N–H and O–H groups in total. The van der Waals surface area contributed by atoms with Crippen LogP contribution in [0.1, 0.15) is 36.6 Å². The third-order valence-corrected chi connectivity index (χ3v) is 6.78. The molecule has 1 atom stereocenters. The van der Waals surface area contributed by atoms with Crippen LogP contribution in [0.2, 0.25) is 0 Å². The van der Waals surface area contributed by atoms with Crippen LogP contribution in [0.15, 0.2) is 10.3 Å². The van der Waals surface area contributed by atoms with Gasteiger partial charge in [-0.05, 0) is 50.7 Å². The fourth-order valence-corrected chi connectivity index (χ4v) is 5.74. The van der Waals surface area contributed by atoms with E-state index in [1.165, 1.54) is 30.6 Å². The molecule has 1 unspecified atom stereocenters. The number of nitrogens with zero attached hydrogens (tertiary/aromatic N) is 1. The summed E-state index contributed by atoms with van der Waals surface area (Å²) in [5.41, 5.74) is 0.696. The van der Waals surface area contributed by atoms with Gasteiger partial charge >= 0.3 is 0 Å². The van der Waals surface area contributed by atoms with Gasteiger partial charge in [-0.1, -0.05) is 6.42 Å². The van der Waals surface area contributed by atoms with E-state index in [2.05, 4.69) is 9.62 Å². The van der Waals surface area contributed by atoms with E-state index < -0.39 is 10.0 Å². The molecule has 21 heavy (non-hydrogen) atoms. The Morgan fingerprint density at radius 3 is 2.67 bits per heavy atom. The summed E-state index contributed by atoms with van der Waals surface area (Å²) >= 11 is 1.29. The first-order valence-electron chi connectivity index (χ1n) is 7.36. The molecule has 1 fully saturated rings. The van der Waals surface area contributed by atoms with E-state index in [0.717, 1.165) is 19.6 Å². The zero-order valence-electron chi connectivity index (χ0n) is 12.6. The molecule has 0 aliphatic carbocycles. The van der Waals surface area contributed by atoms with E-state index in [9.17, 15) is 13.5 Å². The van der Waals surface area contributed by atoms with Gasteiger partial charge in [0.25, 0.3) is 0 Å². The Hall–Kier alpha value is -0.470. The van der Waals surface area contributed by atoms with Crippen LogP contribution >= 0.6 is 11.3 Å². The lowest BCUT2D eigenvalue weighted by Crippen LogP contribution is -2.43. The number of piperidine rings is 1. The van der Waals surface area contributed by atoms with Crippen LogP contribution in [-0.2, 0) is 16.6 Å². The summed E-state index contributed by atoms with van der Waals surface area (Å²) in [6, 6.07) is -0.140. The summed E-state index contributed by atoms with van der Waals surface area (Å²) in [6.45, 7) is 6.25. The third-order valence-electron chi connectivity index (χ3n) is 3.74. The number of hydrogen-bond acceptors (Lipinski definition) is 5. The fourth-order valence-electron chi connectivity index (χ4n) is 2.85. The Bertz CT molecular complexity index is 563. The van der Waals surface area contributed by atoms with E-state index in [1.807, 2.05) is 6.92 Å². The van der Waals surface area contributed by atoms with Gasteiger partial charge < -0.3 is 10.0 Å². The van der Waals surface area contributed by atoms with Crippen LogP contribution in [0.5, 0.6) is 0 Å². The Balaban J connectivity index is 2.04. The molecule has 0 bridgehead atoms. The molecule has 7 heteroatoms. The first-order chi connectivity index (χ1) is 9.94. The topological polar surface area (TPSA) is 69.6 Å². The number of aliphatic hydroxyl groups is 1. The molecule has 5 nitrogen and oxygen atoms in total. The second kappa shape index (κ2) is 7.19. The highest BCUT2D eigenvalue weighted by atomic mass is 32.2. The Morgan fingerprint density at radius 1 is 1.38 bits per heavy atom. The number of aryl methyl sites for hydroxylation is 1. The molecular formula is C14H24N2O3S2. The quantitative estimate of drug-likeness (QED) is 0.832. The SMILES string of the molecule is Cc1csc(CO)c1S(=O)(=O)NC(C)CN1CCCCC1. The molecular weight excluding hydrogens is 308 g/mol. The van der Waals surface area contributed by atoms with Crippen LogP contribution in [0.3, 0.4) is 0 Å². The van der Waals surface area contributed by atoms with E-state index in [4.69, 9.17) is 0 Å². The number of sulfonamides is 1. The highest BCUT2D eigenvalue weighted by Crippen LogP contribution is 2.27. The molecule has 0 saturated carbocycles. The van der Waals surface area contributed by atoms with Crippen molar-refractivity contribution < 1.29 is 13.5 Å². The smallest absolute Gasteiger partial charge is 0.242 e. The minimum atomic E-state index is -3.57. The van der Waals surface area contributed by atoms with Crippen molar-refractivity contribution in [2.24, 2.45) is 0 Å². The number of nitrogens with one attached hydrogen (secondary N) is 1. The number of aliphatic hydroxyl groups excluding tert-OH is 1. The summed E-state index contributed by atoms with van der Waals surface area (Å²) in [4.78, 5) is 3.06. The van der Waals surface area contributed by atoms with Crippen molar-refractivity contribution in [2.45, 2.75) is 50.7 Å². The Labute approximate surface area is 131 Å². The first kappa shape index (κ1) is 16.9. The summed E-state index contributed by atoms with van der Waals surface area (Å²) < 4.78 is 27.8. The van der Waals surface area contributed by atoms with Gasteiger partial charge in [0.2, 0.25) is 10.0 Å². The molecule has 1 aliphatic rings. The monoisotopic (exact) mass is 332 g/mol. The standard InChI is InChI=1S/C14H24N2O3S2/c1-11-10-20-13(9-17)14(11)21(18,19)15-12(2)8-16-6-4-3-5-7-16/h10,12,15,17H,3-9H2,1-2H3. The fraction of sp³-hybridized carbons (Fsp3) is 0.714. The molecule has 2 rings (SSSR count). The van der Waals surface area contributed by atoms with Crippen LogP contribution < -0.4 is 4.72 Å². The lowest BCUT2D eigenvalue weighted by Gasteiger charge is -2.29. The normalized spacial score (nSPS) is 18.8. The third kappa shape index (κ3) is 4.26. The zero-order chi connectivity index (χ0) is 15.5. The number of thiophene rings is 1. The van der Waals surface area contributed by atoms with E-state index >= 15 is 0 Å². The van der Waals surface area contributed by atoms with Gasteiger partial charge in [-0.3, -0.25) is 0 Å². The summed E-state index contributed by atoms with van der Waals surface area (Å²) in [6.07, 6.45) is 3.65. The van der Waals surface area contributed by atoms with Gasteiger partial charge in [0.1, 0.15) is 4.90 Å². The molecule has 1 saturated heterocycles. The molecule has 0 amide bonds. The maximum absolute atomic E-state index is 12.5. The number of rotatable bonds is 6. The minimum Gasteiger partial charge on any atom is -0.391 e. The lowest BCUT2D eigenvalue weighted by atomic mass is 10.1. The van der Waals surface area contributed by atoms with Gasteiger partial charge in [-0.15, -0.1) is 11.3 Å². The molecule has 1 aromatic rings. The van der Waals surface area contributed by atoms with Crippen LogP contribution in [0.4, 0.5) is 0 Å². The number of likely N-dealkylation sites (tertiary alicyclic amines) is 1. The Kier molecular flexibility index (Phi) is 5.79. The zero-order valence-corrected chi connectivity index (χ0v) is 14.3. The van der Waals surface area contributed by atoms with Crippen molar-refractivity contribution in [2.75, 3.05) is 19.6 Å². The average Bonchev–Trinajstić information content (AvgIpc) is 2.81. The molecule has 0 spiro atoms. The average molecular weight is 332 g/mol. The first-order valence-corrected chi connectivity index (χ1v) is 9.73. The van der Waals surface area contributed by atoms with Gasteiger partial charge in [-0.25, -0.2) is 13.1 Å². The molecule has 1 aliphatic heterocycles. The summed E-state index contributed by atoms with van der Waals surface area (Å²) in [5, 5.41) is 11.1. The highest BCUT2D eigenvalue weighted by molar-refractivity contribution is 7.89. The minimum absolute atomic E-state index is 0.140. The van der Waals surface area contributed by atoms with Crippen LogP contribution in [0, 0.1) is 6.92 Å². The summed E-state index contributed by atoms with van der Waals surface area (Å²) in [7, 11) is -3.57. The predicted molar refractivity (Wildman–Crippen MR) is 85.1 cm³/mol. The van der Waals surface area contributed by atoms with E-state index in [0.29, 0.717) is 10.4 Å². The molecule has 120 valence electrons. The van der Waals surface area contributed by atoms with Crippen molar-refractivity contribution in [1.29, 1.82) is 0 Å². The molecule has 0 radical (unpaired) electrons. The molecule has 1 aromatic heterocycles. The largest absolute Gasteiger partial charge is 0.391 e. The van der Waals surface area contributed by atoms with Gasteiger partial charge in [0.05, 0.1) is 11.5 Å². The van der Waals surface area contributed by atoms with Crippen molar-refractivity contribution in [1.82, 2.24) is 9.62 Å². The van der Waals surface area contributed by atoms with Crippen LogP contribution in [-0.4, -0.2) is 44.1 Å². The predicted octanol–water partition coefficient (Wildman–Crippen LogP) is 1.70. The molecule has 0 aromatic carbocycles. The van der Waals surface area contributed by atoms with Crippen molar-refractivity contribution in [3.63, 3.8) is 0 Å². The van der Waals surface area contributed by atoms with Crippen LogP contribution in [0.25, 0.3) is 0 Å². The maximum Gasteiger partial charge on any atom is 0.242 e. The Morgan fingerprint density at radius 2 is 2.05 bits per heavy atom. The second-order valence-corrected chi connectivity index (χ2v) is 8.33. The van der Waals surface area contributed by atoms with E-state index in [-0.39, 0.29) is 17.5 Å². The van der Waals surface area contributed by atoms with Crippen molar-refractivity contribution in [3.05, 3.63) is 15.8 Å². The second-order valence-electron chi connectivity index (χ2n) is 5.71. The van der Waals surface area contributed by atoms with E-state index in [1.54, 1.807) is 12.3 Å². The van der Waals surface area contributed by atoms with Gasteiger partial charge in [-0.2, -0.15) is 0 Å². The van der Waals surface area contributed by atoms with Crippen molar-refractivity contribution >= 4 is 21.4 Å². The van der Waals surface area contributed by atoms with Crippen molar-refractivity contribution in [3.8, 4) is 0 Å². The summed E-state index contributed by atoms with van der Waals surface area (Å²) in [5.74, 6) is 0. The number of hydrogen-bond donors (Lipinski definition) is 2. The maximum atomic E-state index is 12.5. The highest BCUT2D eigenvalue weighted by Gasteiger charge is 2.25. The molecule has 2 heterocycles. The lowest BCUT2D eigenvalue weighted by molar-refractivity contribution is 0.215. The van der Waals surface area contributed by atoms with Gasteiger partial charge in [0, 0.05) is 12.6 Å². The van der Waals surface area contributed by atoms with Gasteiger partial charge in [0.15, 0.2) is 0 Å².